The molecule has 0 saturated heterocycles. The maximum Gasteiger partial charge on any atom is 0.573 e. The number of ether oxygens (including phenoxy) is 1. The second kappa shape index (κ2) is 7.36. The highest BCUT2D eigenvalue weighted by Gasteiger charge is 2.30. The number of hydrogen-bond acceptors (Lipinski definition) is 5. The van der Waals surface area contributed by atoms with Crippen LogP contribution in [0.25, 0.3) is 0 Å². The summed E-state index contributed by atoms with van der Waals surface area (Å²) < 4.78 is 41.7. The molecule has 1 aromatic heterocycles. The number of thioether (sulfide) groups is 1. The van der Waals surface area contributed by atoms with Crippen molar-refractivity contribution in [1.82, 2.24) is 14.8 Å². The van der Waals surface area contributed by atoms with Gasteiger partial charge in [0.05, 0.1) is 5.75 Å². The first-order chi connectivity index (χ1) is 10.9. The van der Waals surface area contributed by atoms with Crippen LogP contribution in [0.15, 0.2) is 35.7 Å². The first kappa shape index (κ1) is 17.1. The number of alkyl halides is 3. The Labute approximate surface area is 134 Å². The average Bonchev–Trinajstić information content (AvgIpc) is 2.93. The lowest BCUT2D eigenvalue weighted by Crippen LogP contribution is -2.17. The summed E-state index contributed by atoms with van der Waals surface area (Å²) in [6.45, 7) is 2.62. The molecule has 0 fully saturated rings. The molecule has 1 aromatic carbocycles. The molecular weight excluding hydrogens is 333 g/mol. The topological polar surface area (TPSA) is 69.0 Å². The van der Waals surface area contributed by atoms with E-state index in [4.69, 9.17) is 0 Å². The highest BCUT2D eigenvalue weighted by atomic mass is 32.2. The molecule has 124 valence electrons. The normalized spacial score (nSPS) is 11.3. The number of aryl methyl sites for hydroxylation is 1. The Hall–Kier alpha value is -2.23. The van der Waals surface area contributed by atoms with Crippen molar-refractivity contribution in [2.45, 2.75) is 25.0 Å². The zero-order chi connectivity index (χ0) is 16.9. The van der Waals surface area contributed by atoms with Gasteiger partial charge in [0, 0.05) is 12.2 Å². The van der Waals surface area contributed by atoms with Crippen LogP contribution in [0.5, 0.6) is 5.75 Å². The third-order valence-electron chi connectivity index (χ3n) is 2.62. The second-order valence-corrected chi connectivity index (χ2v) is 5.25. The third kappa shape index (κ3) is 5.47. The molecule has 2 aromatic rings. The number of carbonyl (C=O) groups is 1. The van der Waals surface area contributed by atoms with Crippen molar-refractivity contribution in [3.8, 4) is 5.75 Å². The molecule has 0 spiro atoms. The van der Waals surface area contributed by atoms with Gasteiger partial charge in [0.1, 0.15) is 12.1 Å². The van der Waals surface area contributed by atoms with Crippen LogP contribution in [0.2, 0.25) is 0 Å². The standard InChI is InChI=1S/C13H13F3N4O2S/c1-2-20-8-17-19-12(20)23-7-11(21)18-9-3-5-10(6-4-9)22-13(14,15)16/h3-6,8H,2,7H2,1H3,(H,18,21). The Balaban J connectivity index is 1.85. The minimum Gasteiger partial charge on any atom is -0.406 e. The van der Waals surface area contributed by atoms with Crippen molar-refractivity contribution in [3.05, 3.63) is 30.6 Å². The van der Waals surface area contributed by atoms with E-state index in [1.807, 2.05) is 6.92 Å². The van der Waals surface area contributed by atoms with Gasteiger partial charge in [-0.3, -0.25) is 4.79 Å². The van der Waals surface area contributed by atoms with Gasteiger partial charge in [-0.25, -0.2) is 0 Å². The molecule has 0 atom stereocenters. The molecule has 0 aliphatic heterocycles. The Morgan fingerprint density at radius 2 is 2.04 bits per heavy atom. The van der Waals surface area contributed by atoms with Crippen molar-refractivity contribution in [2.75, 3.05) is 11.1 Å². The average molecular weight is 346 g/mol. The van der Waals surface area contributed by atoms with Gasteiger partial charge >= 0.3 is 6.36 Å². The van der Waals surface area contributed by atoms with Crippen LogP contribution in [0.4, 0.5) is 18.9 Å². The van der Waals surface area contributed by atoms with Crippen LogP contribution in [-0.4, -0.2) is 32.8 Å². The summed E-state index contributed by atoms with van der Waals surface area (Å²) in [6.07, 6.45) is -3.17. The highest BCUT2D eigenvalue weighted by molar-refractivity contribution is 7.99. The predicted octanol–water partition coefficient (Wildman–Crippen LogP) is 2.93. The second-order valence-electron chi connectivity index (χ2n) is 4.31. The number of carbonyl (C=O) groups excluding carboxylic acids is 1. The van der Waals surface area contributed by atoms with Crippen molar-refractivity contribution < 1.29 is 22.7 Å². The summed E-state index contributed by atoms with van der Waals surface area (Å²) in [6, 6.07) is 4.92. The van der Waals surface area contributed by atoms with E-state index in [9.17, 15) is 18.0 Å². The van der Waals surface area contributed by atoms with E-state index in [0.29, 0.717) is 17.4 Å². The number of benzene rings is 1. The van der Waals surface area contributed by atoms with Crippen LogP contribution in [0, 0.1) is 0 Å². The van der Waals surface area contributed by atoms with Gasteiger partial charge in [-0.1, -0.05) is 11.8 Å². The van der Waals surface area contributed by atoms with Gasteiger partial charge in [-0.05, 0) is 31.2 Å². The molecule has 0 unspecified atom stereocenters. The molecule has 10 heteroatoms. The van der Waals surface area contributed by atoms with E-state index in [2.05, 4.69) is 20.3 Å². The van der Waals surface area contributed by atoms with Gasteiger partial charge in [-0.2, -0.15) is 0 Å². The number of halogens is 3. The number of hydrogen-bond donors (Lipinski definition) is 1. The molecule has 23 heavy (non-hydrogen) atoms. The Morgan fingerprint density at radius 1 is 1.35 bits per heavy atom. The van der Waals surface area contributed by atoms with E-state index in [-0.39, 0.29) is 17.4 Å². The minimum atomic E-state index is -4.74. The van der Waals surface area contributed by atoms with E-state index in [1.165, 1.54) is 23.9 Å². The molecule has 2 rings (SSSR count). The first-order valence-electron chi connectivity index (χ1n) is 6.53. The predicted molar refractivity (Wildman–Crippen MR) is 78.2 cm³/mol. The van der Waals surface area contributed by atoms with Crippen molar-refractivity contribution in [3.63, 3.8) is 0 Å². The summed E-state index contributed by atoms with van der Waals surface area (Å²) in [5, 5.41) is 10.8. The molecule has 0 aliphatic rings. The Morgan fingerprint density at radius 3 is 2.65 bits per heavy atom. The molecule has 0 bridgehead atoms. The molecular formula is C13H13F3N4O2S. The molecule has 1 amide bonds. The lowest BCUT2D eigenvalue weighted by Gasteiger charge is -2.10. The van der Waals surface area contributed by atoms with Crippen LogP contribution in [0.1, 0.15) is 6.92 Å². The van der Waals surface area contributed by atoms with E-state index < -0.39 is 6.36 Å². The largest absolute Gasteiger partial charge is 0.573 e. The fraction of sp³-hybridized carbons (Fsp3) is 0.308. The maximum atomic E-state index is 12.0. The van der Waals surface area contributed by atoms with Crippen LogP contribution in [0.3, 0.4) is 0 Å². The van der Waals surface area contributed by atoms with Gasteiger partial charge in [0.2, 0.25) is 5.91 Å². The van der Waals surface area contributed by atoms with Crippen LogP contribution >= 0.6 is 11.8 Å². The molecule has 1 heterocycles. The first-order valence-corrected chi connectivity index (χ1v) is 7.52. The number of amides is 1. The Kier molecular flexibility index (Phi) is 5.48. The van der Waals surface area contributed by atoms with E-state index in [0.717, 1.165) is 12.1 Å². The van der Waals surface area contributed by atoms with Crippen molar-refractivity contribution in [2.24, 2.45) is 0 Å². The zero-order valence-corrected chi connectivity index (χ0v) is 12.8. The minimum absolute atomic E-state index is 0.111. The number of nitrogens with zero attached hydrogens (tertiary/aromatic N) is 3. The number of aromatic nitrogens is 3. The van der Waals surface area contributed by atoms with Gasteiger partial charge in [-0.15, -0.1) is 23.4 Å². The molecule has 1 N–H and O–H groups in total. The maximum absolute atomic E-state index is 12.0. The van der Waals surface area contributed by atoms with Crippen molar-refractivity contribution in [1.29, 1.82) is 0 Å². The molecule has 6 nitrogen and oxygen atoms in total. The number of rotatable bonds is 6. The number of nitrogens with one attached hydrogen (secondary N) is 1. The van der Waals surface area contributed by atoms with Crippen LogP contribution < -0.4 is 10.1 Å². The highest BCUT2D eigenvalue weighted by Crippen LogP contribution is 2.24. The fourth-order valence-corrected chi connectivity index (χ4v) is 2.42. The lowest BCUT2D eigenvalue weighted by atomic mass is 10.3. The fourth-order valence-electron chi connectivity index (χ4n) is 1.64. The van der Waals surface area contributed by atoms with Gasteiger partial charge < -0.3 is 14.6 Å². The summed E-state index contributed by atoms with van der Waals surface area (Å²) in [5.41, 5.74) is 0.377. The smallest absolute Gasteiger partial charge is 0.406 e. The summed E-state index contributed by atoms with van der Waals surface area (Å²) >= 11 is 1.22. The SMILES string of the molecule is CCn1cnnc1SCC(=O)Nc1ccc(OC(F)(F)F)cc1. The summed E-state index contributed by atoms with van der Waals surface area (Å²) in [7, 11) is 0. The number of anilines is 1. The monoisotopic (exact) mass is 346 g/mol. The van der Waals surface area contributed by atoms with Crippen LogP contribution in [-0.2, 0) is 11.3 Å². The van der Waals surface area contributed by atoms with E-state index in [1.54, 1.807) is 10.9 Å². The Bertz CT molecular complexity index is 658. The zero-order valence-electron chi connectivity index (χ0n) is 12.0. The quantitative estimate of drug-likeness (QED) is 0.815. The molecule has 0 saturated carbocycles. The summed E-state index contributed by atoms with van der Waals surface area (Å²) in [5.74, 6) is -0.537. The third-order valence-corrected chi connectivity index (χ3v) is 3.61. The lowest BCUT2D eigenvalue weighted by molar-refractivity contribution is -0.274. The molecule has 0 aliphatic carbocycles. The van der Waals surface area contributed by atoms with Crippen molar-refractivity contribution >= 4 is 23.4 Å². The van der Waals surface area contributed by atoms with Gasteiger partial charge in [0.15, 0.2) is 5.16 Å². The molecule has 0 radical (unpaired) electrons. The van der Waals surface area contributed by atoms with Gasteiger partial charge in [0.25, 0.3) is 0 Å². The summed E-state index contributed by atoms with van der Waals surface area (Å²) in [4.78, 5) is 11.8. The van der Waals surface area contributed by atoms with E-state index >= 15 is 0 Å².